The number of piperidine rings is 1. The summed E-state index contributed by atoms with van der Waals surface area (Å²) >= 11 is 0. The van der Waals surface area contributed by atoms with Crippen molar-refractivity contribution in [2.24, 2.45) is 5.92 Å². The number of anilines is 1. The number of likely N-dealkylation sites (tertiary alicyclic amines) is 1. The van der Waals surface area contributed by atoms with E-state index in [1.165, 1.54) is 5.69 Å². The summed E-state index contributed by atoms with van der Waals surface area (Å²) in [6, 6.07) is 8.28. The third kappa shape index (κ3) is 4.64. The quantitative estimate of drug-likeness (QED) is 0.763. The fourth-order valence-electron chi connectivity index (χ4n) is 4.64. The summed E-state index contributed by atoms with van der Waals surface area (Å²) in [6.45, 7) is 5.69. The number of nitrogens with one attached hydrogen (secondary N) is 2. The third-order valence-electron chi connectivity index (χ3n) is 6.33. The number of amides is 2. The van der Waals surface area contributed by atoms with E-state index in [4.69, 9.17) is 4.74 Å². The van der Waals surface area contributed by atoms with Crippen molar-refractivity contribution >= 4 is 17.5 Å². The molecule has 0 aromatic heterocycles. The lowest BCUT2D eigenvalue weighted by Crippen LogP contribution is -2.58. The van der Waals surface area contributed by atoms with Gasteiger partial charge in [0.2, 0.25) is 11.8 Å². The monoisotopic (exact) mass is 401 g/mol. The minimum Gasteiger partial charge on any atom is -0.497 e. The molecule has 2 amide bonds. The normalized spacial score (nSPS) is 26.2. The zero-order valence-electron chi connectivity index (χ0n) is 17.1. The Kier molecular flexibility index (Phi) is 6.20. The van der Waals surface area contributed by atoms with Crippen LogP contribution in [0, 0.1) is 5.92 Å². The van der Waals surface area contributed by atoms with Crippen LogP contribution in [0.1, 0.15) is 19.3 Å². The molecule has 3 saturated heterocycles. The van der Waals surface area contributed by atoms with Gasteiger partial charge in [0.25, 0.3) is 0 Å². The first-order valence-corrected chi connectivity index (χ1v) is 10.6. The van der Waals surface area contributed by atoms with Gasteiger partial charge in [0.1, 0.15) is 5.75 Å². The standard InChI is InChI=1S/C21H31N5O3/c1-29-19-6-4-17(5-7-19)24-9-11-25(12-10-24)21(28)16-3-2-8-26(15-16)18-13-20(27)23-22-14-18/h4-7,16,18,22H,2-3,8-15H2,1H3,(H,23,27). The van der Waals surface area contributed by atoms with Crippen molar-refractivity contribution < 1.29 is 14.3 Å². The number of carbonyl (C=O) groups is 2. The molecule has 0 radical (unpaired) electrons. The first-order chi connectivity index (χ1) is 14.1. The minimum absolute atomic E-state index is 0.0318. The van der Waals surface area contributed by atoms with Crippen molar-refractivity contribution in [3.63, 3.8) is 0 Å². The van der Waals surface area contributed by atoms with Gasteiger partial charge in [-0.3, -0.25) is 19.9 Å². The summed E-state index contributed by atoms with van der Waals surface area (Å²) < 4.78 is 5.23. The van der Waals surface area contributed by atoms with Gasteiger partial charge in [0, 0.05) is 57.4 Å². The van der Waals surface area contributed by atoms with Crippen LogP contribution in [0.15, 0.2) is 24.3 Å². The molecule has 4 rings (SSSR count). The van der Waals surface area contributed by atoms with Gasteiger partial charge >= 0.3 is 0 Å². The molecule has 158 valence electrons. The number of hydrogen-bond donors (Lipinski definition) is 2. The maximum absolute atomic E-state index is 13.1. The van der Waals surface area contributed by atoms with Gasteiger partial charge < -0.3 is 14.5 Å². The van der Waals surface area contributed by atoms with E-state index in [1.54, 1.807) is 7.11 Å². The Hall–Kier alpha value is -2.32. The van der Waals surface area contributed by atoms with Crippen LogP contribution in [-0.2, 0) is 9.59 Å². The van der Waals surface area contributed by atoms with Crippen molar-refractivity contribution in [3.8, 4) is 5.75 Å². The van der Waals surface area contributed by atoms with Crippen LogP contribution >= 0.6 is 0 Å². The SMILES string of the molecule is COc1ccc(N2CCN(C(=O)C3CCCN(C4CNNC(=O)C4)C3)CC2)cc1. The molecular formula is C21H31N5O3. The second-order valence-electron chi connectivity index (χ2n) is 8.13. The maximum atomic E-state index is 13.1. The Morgan fingerprint density at radius 3 is 2.55 bits per heavy atom. The summed E-state index contributed by atoms with van der Waals surface area (Å²) in [5.74, 6) is 1.21. The van der Waals surface area contributed by atoms with E-state index in [-0.39, 0.29) is 23.8 Å². The summed E-state index contributed by atoms with van der Waals surface area (Å²) in [5.41, 5.74) is 6.80. The minimum atomic E-state index is 0.0318. The number of ether oxygens (including phenoxy) is 1. The Bertz CT molecular complexity index is 718. The first-order valence-electron chi connectivity index (χ1n) is 10.6. The number of rotatable bonds is 4. The predicted molar refractivity (Wildman–Crippen MR) is 111 cm³/mol. The number of benzene rings is 1. The molecule has 2 N–H and O–H groups in total. The van der Waals surface area contributed by atoms with Crippen LogP contribution in [0.4, 0.5) is 5.69 Å². The number of hydrogen-bond acceptors (Lipinski definition) is 6. The van der Waals surface area contributed by atoms with Crippen LogP contribution in [-0.4, -0.2) is 80.6 Å². The van der Waals surface area contributed by atoms with E-state index in [0.29, 0.717) is 6.42 Å². The molecule has 8 heteroatoms. The fraction of sp³-hybridized carbons (Fsp3) is 0.619. The summed E-state index contributed by atoms with van der Waals surface area (Å²) in [5, 5.41) is 0. The van der Waals surface area contributed by atoms with E-state index >= 15 is 0 Å². The molecule has 1 aromatic rings. The fourth-order valence-corrected chi connectivity index (χ4v) is 4.64. The molecule has 0 bridgehead atoms. The van der Waals surface area contributed by atoms with E-state index < -0.39 is 0 Å². The largest absolute Gasteiger partial charge is 0.497 e. The van der Waals surface area contributed by atoms with Gasteiger partial charge in [-0.25, -0.2) is 5.43 Å². The molecular weight excluding hydrogens is 370 g/mol. The average molecular weight is 402 g/mol. The van der Waals surface area contributed by atoms with E-state index in [9.17, 15) is 9.59 Å². The lowest BCUT2D eigenvalue weighted by molar-refractivity contribution is -0.138. The molecule has 0 aliphatic carbocycles. The molecule has 3 heterocycles. The number of methoxy groups -OCH3 is 1. The Labute approximate surface area is 172 Å². The molecule has 3 fully saturated rings. The van der Waals surface area contributed by atoms with Gasteiger partial charge in [-0.1, -0.05) is 0 Å². The highest BCUT2D eigenvalue weighted by molar-refractivity contribution is 5.80. The molecule has 1 aromatic carbocycles. The molecule has 0 spiro atoms. The van der Waals surface area contributed by atoms with Crippen LogP contribution in [0.2, 0.25) is 0 Å². The van der Waals surface area contributed by atoms with Crippen LogP contribution in [0.5, 0.6) is 5.75 Å². The van der Waals surface area contributed by atoms with Gasteiger partial charge in [-0.2, -0.15) is 0 Å². The third-order valence-corrected chi connectivity index (χ3v) is 6.33. The zero-order chi connectivity index (χ0) is 20.2. The van der Waals surface area contributed by atoms with Gasteiger partial charge in [0.05, 0.1) is 13.0 Å². The second-order valence-corrected chi connectivity index (χ2v) is 8.13. The summed E-state index contributed by atoms with van der Waals surface area (Å²) in [7, 11) is 1.67. The molecule has 29 heavy (non-hydrogen) atoms. The Balaban J connectivity index is 1.30. The average Bonchev–Trinajstić information content (AvgIpc) is 2.79. The van der Waals surface area contributed by atoms with Gasteiger partial charge in [-0.15, -0.1) is 0 Å². The number of nitrogens with zero attached hydrogens (tertiary/aromatic N) is 3. The molecule has 8 nitrogen and oxygen atoms in total. The highest BCUT2D eigenvalue weighted by Crippen LogP contribution is 2.24. The van der Waals surface area contributed by atoms with Crippen molar-refractivity contribution in [2.75, 3.05) is 57.8 Å². The van der Waals surface area contributed by atoms with Crippen LogP contribution in [0.25, 0.3) is 0 Å². The Morgan fingerprint density at radius 1 is 1.10 bits per heavy atom. The van der Waals surface area contributed by atoms with Crippen molar-refractivity contribution in [1.82, 2.24) is 20.7 Å². The van der Waals surface area contributed by atoms with E-state index in [2.05, 4.69) is 32.8 Å². The highest BCUT2D eigenvalue weighted by Gasteiger charge is 2.34. The summed E-state index contributed by atoms with van der Waals surface area (Å²) in [4.78, 5) is 31.5. The molecule has 3 aliphatic rings. The second kappa shape index (κ2) is 9.00. The lowest BCUT2D eigenvalue weighted by Gasteiger charge is -2.42. The topological polar surface area (TPSA) is 77.2 Å². The lowest BCUT2D eigenvalue weighted by atomic mass is 9.94. The van der Waals surface area contributed by atoms with Crippen molar-refractivity contribution in [3.05, 3.63) is 24.3 Å². The predicted octanol–water partition coefficient (Wildman–Crippen LogP) is 0.449. The first kappa shape index (κ1) is 20.0. The molecule has 3 aliphatic heterocycles. The number of piperazine rings is 1. The summed E-state index contributed by atoms with van der Waals surface area (Å²) in [6.07, 6.45) is 2.47. The van der Waals surface area contributed by atoms with Gasteiger partial charge in [-0.05, 0) is 43.7 Å². The van der Waals surface area contributed by atoms with Crippen LogP contribution in [0.3, 0.4) is 0 Å². The van der Waals surface area contributed by atoms with Crippen molar-refractivity contribution in [1.29, 1.82) is 0 Å². The maximum Gasteiger partial charge on any atom is 0.235 e. The Morgan fingerprint density at radius 2 is 1.86 bits per heavy atom. The smallest absolute Gasteiger partial charge is 0.235 e. The molecule has 0 saturated carbocycles. The van der Waals surface area contributed by atoms with Crippen LogP contribution < -0.4 is 20.5 Å². The zero-order valence-corrected chi connectivity index (χ0v) is 17.1. The van der Waals surface area contributed by atoms with E-state index in [1.807, 2.05) is 17.0 Å². The number of hydrazine groups is 1. The van der Waals surface area contributed by atoms with Gasteiger partial charge in [0.15, 0.2) is 0 Å². The van der Waals surface area contributed by atoms with Crippen molar-refractivity contribution in [2.45, 2.75) is 25.3 Å². The highest BCUT2D eigenvalue weighted by atomic mass is 16.5. The molecule has 2 unspecified atom stereocenters. The molecule has 2 atom stereocenters. The van der Waals surface area contributed by atoms with E-state index in [0.717, 1.165) is 64.4 Å². The number of carbonyl (C=O) groups excluding carboxylic acids is 2.